The van der Waals surface area contributed by atoms with E-state index >= 15 is 0 Å². The van der Waals surface area contributed by atoms with Crippen molar-refractivity contribution >= 4 is 11.9 Å². The number of para-hydroxylation sites is 2. The monoisotopic (exact) mass is 523 g/mol. The lowest BCUT2D eigenvalue weighted by molar-refractivity contribution is -0.159. The topological polar surface area (TPSA) is 124 Å². The quantitative estimate of drug-likeness (QED) is 0.254. The minimum Gasteiger partial charge on any atom is -0.493 e. The maximum atomic E-state index is 9.10. The second kappa shape index (κ2) is 15.4. The van der Waals surface area contributed by atoms with Crippen LogP contribution in [0.25, 0.3) is 0 Å². The van der Waals surface area contributed by atoms with Gasteiger partial charge in [-0.2, -0.15) is 0 Å². The maximum Gasteiger partial charge on any atom is 0.414 e. The van der Waals surface area contributed by atoms with E-state index in [9.17, 15) is 0 Å². The van der Waals surface area contributed by atoms with Crippen molar-refractivity contribution in [3.8, 4) is 11.5 Å². The SMILES string of the molecule is COc1ccccc1OCCNCC[C@H]1CO[C@H](C(c2ccccc2)c2ccccc2)O1.O=C(O)C(=O)O. The maximum absolute atomic E-state index is 9.10. The zero-order valence-corrected chi connectivity index (χ0v) is 21.2. The van der Waals surface area contributed by atoms with Crippen LogP contribution in [0.5, 0.6) is 11.5 Å². The highest BCUT2D eigenvalue weighted by Crippen LogP contribution is 2.34. The molecule has 1 aliphatic heterocycles. The van der Waals surface area contributed by atoms with Gasteiger partial charge in [0.1, 0.15) is 6.61 Å². The van der Waals surface area contributed by atoms with Crippen molar-refractivity contribution in [3.05, 3.63) is 96.1 Å². The lowest BCUT2D eigenvalue weighted by atomic mass is 9.91. The predicted molar refractivity (Wildman–Crippen MR) is 141 cm³/mol. The number of rotatable bonds is 11. The molecule has 2 atom stereocenters. The number of ether oxygens (including phenoxy) is 4. The highest BCUT2D eigenvalue weighted by molar-refractivity contribution is 6.27. The molecule has 1 saturated heterocycles. The lowest BCUT2D eigenvalue weighted by Gasteiger charge is -2.24. The first-order chi connectivity index (χ1) is 18.5. The second-order valence-corrected chi connectivity index (χ2v) is 8.41. The first kappa shape index (κ1) is 28.6. The van der Waals surface area contributed by atoms with Gasteiger partial charge in [0.05, 0.1) is 25.7 Å². The van der Waals surface area contributed by atoms with E-state index in [2.05, 4.69) is 53.8 Å². The van der Waals surface area contributed by atoms with Gasteiger partial charge in [-0.25, -0.2) is 9.59 Å². The van der Waals surface area contributed by atoms with E-state index in [-0.39, 0.29) is 18.3 Å². The fourth-order valence-electron chi connectivity index (χ4n) is 3.98. The molecule has 38 heavy (non-hydrogen) atoms. The smallest absolute Gasteiger partial charge is 0.414 e. The predicted octanol–water partition coefficient (Wildman–Crippen LogP) is 3.78. The Labute approximate surface area is 221 Å². The average Bonchev–Trinajstić information content (AvgIpc) is 3.40. The van der Waals surface area contributed by atoms with Crippen LogP contribution in [0, 0.1) is 0 Å². The van der Waals surface area contributed by atoms with Crippen LogP contribution in [0.4, 0.5) is 0 Å². The van der Waals surface area contributed by atoms with Gasteiger partial charge in [-0.3, -0.25) is 0 Å². The van der Waals surface area contributed by atoms with E-state index in [4.69, 9.17) is 38.7 Å². The Kier molecular flexibility index (Phi) is 11.6. The third-order valence-electron chi connectivity index (χ3n) is 5.79. The molecule has 1 aliphatic rings. The molecule has 0 unspecified atom stereocenters. The van der Waals surface area contributed by atoms with Gasteiger partial charge >= 0.3 is 11.9 Å². The molecule has 0 aliphatic carbocycles. The van der Waals surface area contributed by atoms with E-state index in [1.54, 1.807) is 7.11 Å². The number of carboxylic acid groups (broad SMARTS) is 2. The molecule has 0 radical (unpaired) electrons. The van der Waals surface area contributed by atoms with Crippen LogP contribution in [0.15, 0.2) is 84.9 Å². The highest BCUT2D eigenvalue weighted by Gasteiger charge is 2.34. The third-order valence-corrected chi connectivity index (χ3v) is 5.79. The van der Waals surface area contributed by atoms with Gasteiger partial charge in [0.15, 0.2) is 17.8 Å². The number of carbonyl (C=O) groups is 2. The minimum absolute atomic E-state index is 0.0598. The molecule has 9 heteroatoms. The van der Waals surface area contributed by atoms with Gasteiger partial charge in [0.25, 0.3) is 0 Å². The van der Waals surface area contributed by atoms with Crippen LogP contribution in [-0.4, -0.2) is 68.0 Å². The zero-order valence-electron chi connectivity index (χ0n) is 21.2. The Hall–Kier alpha value is -3.92. The van der Waals surface area contributed by atoms with Crippen molar-refractivity contribution in [1.29, 1.82) is 0 Å². The Morgan fingerprint density at radius 3 is 1.97 bits per heavy atom. The standard InChI is InChI=1S/C27H31NO4.C2H2O4/c1-29-24-14-8-9-15-25(24)30-19-18-28-17-16-23-20-31-27(32-23)26(21-10-4-2-5-11-21)22-12-6-3-7-13-22;3-1(4)2(5)6/h2-15,23,26-28H,16-20H2,1H3;(H,3,4)(H,5,6)/t23-,27-;/m0./s1. The van der Waals surface area contributed by atoms with Gasteiger partial charge < -0.3 is 34.5 Å². The molecule has 9 nitrogen and oxygen atoms in total. The summed E-state index contributed by atoms with van der Waals surface area (Å²) in [6, 6.07) is 28.6. The molecule has 0 spiro atoms. The third kappa shape index (κ3) is 8.88. The zero-order chi connectivity index (χ0) is 27.2. The summed E-state index contributed by atoms with van der Waals surface area (Å²) in [5.41, 5.74) is 2.41. The van der Waals surface area contributed by atoms with Gasteiger partial charge in [0.2, 0.25) is 0 Å². The van der Waals surface area contributed by atoms with Crippen LogP contribution in [-0.2, 0) is 19.1 Å². The van der Waals surface area contributed by atoms with Crippen LogP contribution in [0.1, 0.15) is 23.5 Å². The van der Waals surface area contributed by atoms with E-state index in [0.717, 1.165) is 31.0 Å². The first-order valence-corrected chi connectivity index (χ1v) is 12.3. The van der Waals surface area contributed by atoms with Crippen molar-refractivity contribution < 1.29 is 38.7 Å². The molecule has 0 aromatic heterocycles. The van der Waals surface area contributed by atoms with Crippen molar-refractivity contribution in [2.24, 2.45) is 0 Å². The molecule has 1 heterocycles. The fourth-order valence-corrected chi connectivity index (χ4v) is 3.98. The lowest BCUT2D eigenvalue weighted by Crippen LogP contribution is -2.27. The van der Waals surface area contributed by atoms with Crippen LogP contribution in [0.2, 0.25) is 0 Å². The molecule has 0 amide bonds. The summed E-state index contributed by atoms with van der Waals surface area (Å²) < 4.78 is 23.5. The van der Waals surface area contributed by atoms with Crippen molar-refractivity contribution in [2.75, 3.05) is 33.4 Å². The second-order valence-electron chi connectivity index (χ2n) is 8.41. The Balaban J connectivity index is 0.000000599. The van der Waals surface area contributed by atoms with Gasteiger partial charge in [-0.1, -0.05) is 72.8 Å². The Bertz CT molecular complexity index is 1070. The highest BCUT2D eigenvalue weighted by atomic mass is 16.7. The summed E-state index contributed by atoms with van der Waals surface area (Å²) in [5, 5.41) is 18.2. The van der Waals surface area contributed by atoms with Gasteiger partial charge in [-0.05, 0) is 36.2 Å². The van der Waals surface area contributed by atoms with Crippen LogP contribution in [0.3, 0.4) is 0 Å². The molecule has 202 valence electrons. The summed E-state index contributed by atoms with van der Waals surface area (Å²) in [5.74, 6) is -2.07. The molecular weight excluding hydrogens is 490 g/mol. The van der Waals surface area contributed by atoms with E-state index in [1.807, 2.05) is 36.4 Å². The van der Waals surface area contributed by atoms with Gasteiger partial charge in [0, 0.05) is 6.54 Å². The van der Waals surface area contributed by atoms with E-state index < -0.39 is 11.9 Å². The number of nitrogens with one attached hydrogen (secondary N) is 1. The molecular formula is C29H33NO8. The number of carboxylic acids is 2. The summed E-state index contributed by atoms with van der Waals surface area (Å²) >= 11 is 0. The molecule has 3 N–H and O–H groups in total. The minimum atomic E-state index is -1.82. The largest absolute Gasteiger partial charge is 0.493 e. The summed E-state index contributed by atoms with van der Waals surface area (Å²) in [7, 11) is 1.65. The fraction of sp³-hybridized carbons (Fsp3) is 0.310. The molecule has 3 aromatic rings. The number of hydrogen-bond donors (Lipinski definition) is 3. The molecule has 0 saturated carbocycles. The Morgan fingerprint density at radius 1 is 0.868 bits per heavy atom. The van der Waals surface area contributed by atoms with Crippen LogP contribution >= 0.6 is 0 Å². The first-order valence-electron chi connectivity index (χ1n) is 12.3. The van der Waals surface area contributed by atoms with Crippen molar-refractivity contribution in [3.63, 3.8) is 0 Å². The summed E-state index contributed by atoms with van der Waals surface area (Å²) in [6.45, 7) is 2.79. The molecule has 1 fully saturated rings. The summed E-state index contributed by atoms with van der Waals surface area (Å²) in [6.07, 6.45) is 0.692. The number of aliphatic carboxylic acids is 2. The Morgan fingerprint density at radius 2 is 1.42 bits per heavy atom. The number of hydrogen-bond acceptors (Lipinski definition) is 7. The molecule has 3 aromatic carbocycles. The van der Waals surface area contributed by atoms with E-state index in [0.29, 0.717) is 13.2 Å². The van der Waals surface area contributed by atoms with Crippen LogP contribution < -0.4 is 14.8 Å². The molecule has 4 rings (SSSR count). The normalized spacial score (nSPS) is 16.4. The van der Waals surface area contributed by atoms with Crippen molar-refractivity contribution in [1.82, 2.24) is 5.32 Å². The van der Waals surface area contributed by atoms with Gasteiger partial charge in [-0.15, -0.1) is 0 Å². The number of benzene rings is 3. The number of methoxy groups -OCH3 is 1. The molecule has 0 bridgehead atoms. The van der Waals surface area contributed by atoms with Crippen molar-refractivity contribution in [2.45, 2.75) is 24.7 Å². The van der Waals surface area contributed by atoms with E-state index in [1.165, 1.54) is 11.1 Å². The average molecular weight is 524 g/mol. The summed E-state index contributed by atoms with van der Waals surface area (Å²) in [4.78, 5) is 18.2.